The van der Waals surface area contributed by atoms with Gasteiger partial charge in [-0.25, -0.2) is 14.6 Å². The van der Waals surface area contributed by atoms with E-state index in [9.17, 15) is 9.59 Å². The number of fused-ring (bicyclic) bond motifs is 1. The molecule has 0 bridgehead atoms. The van der Waals surface area contributed by atoms with Gasteiger partial charge in [-0.3, -0.25) is 4.98 Å². The fourth-order valence-electron chi connectivity index (χ4n) is 1.39. The fraction of sp³-hybridized carbons (Fsp3) is 0.333. The summed E-state index contributed by atoms with van der Waals surface area (Å²) in [6.45, 7) is 1.97. The predicted octanol–water partition coefficient (Wildman–Crippen LogP) is 0.316. The van der Waals surface area contributed by atoms with Gasteiger partial charge >= 0.3 is 11.7 Å². The first-order valence-electron chi connectivity index (χ1n) is 4.86. The van der Waals surface area contributed by atoms with E-state index in [-0.39, 0.29) is 17.8 Å². The molecule has 0 amide bonds. The van der Waals surface area contributed by atoms with E-state index in [0.29, 0.717) is 5.03 Å². The molecule has 0 radical (unpaired) electrons. The Bertz CT molecular complexity index is 618. The number of ether oxygens (including phenoxy) is 1. The molecule has 17 heavy (non-hydrogen) atoms. The van der Waals surface area contributed by atoms with E-state index in [0.717, 1.165) is 4.52 Å². The van der Waals surface area contributed by atoms with Crippen LogP contribution in [0.1, 0.15) is 17.3 Å². The van der Waals surface area contributed by atoms with Gasteiger partial charge in [0.15, 0.2) is 5.65 Å². The molecule has 0 spiro atoms. The highest BCUT2D eigenvalue weighted by atomic mass is 32.2. The van der Waals surface area contributed by atoms with Crippen LogP contribution in [0.5, 0.6) is 0 Å². The van der Waals surface area contributed by atoms with Gasteiger partial charge in [0.25, 0.3) is 0 Å². The topological polar surface area (TPSA) is 89.3 Å². The van der Waals surface area contributed by atoms with Gasteiger partial charge in [-0.15, -0.1) is 11.8 Å². The Labute approximate surface area is 100 Å². The summed E-state index contributed by atoms with van der Waals surface area (Å²) in [7, 11) is 0. The molecule has 0 atom stereocenters. The molecule has 7 nitrogen and oxygen atoms in total. The summed E-state index contributed by atoms with van der Waals surface area (Å²) in [5.74, 6) is -0.523. The largest absolute Gasteiger partial charge is 0.462 e. The Morgan fingerprint density at radius 2 is 2.41 bits per heavy atom. The molecule has 8 heteroatoms. The highest BCUT2D eigenvalue weighted by Gasteiger charge is 2.22. The van der Waals surface area contributed by atoms with Crippen LogP contribution in [-0.2, 0) is 4.74 Å². The Morgan fingerprint density at radius 3 is 3.06 bits per heavy atom. The molecule has 2 heterocycles. The second-order valence-corrected chi connectivity index (χ2v) is 3.84. The van der Waals surface area contributed by atoms with Gasteiger partial charge in [-0.1, -0.05) is 0 Å². The van der Waals surface area contributed by atoms with Crippen molar-refractivity contribution in [1.82, 2.24) is 19.6 Å². The van der Waals surface area contributed by atoms with Crippen LogP contribution in [0.15, 0.2) is 16.1 Å². The summed E-state index contributed by atoms with van der Waals surface area (Å²) in [6, 6.07) is 0. The summed E-state index contributed by atoms with van der Waals surface area (Å²) >= 11 is 1.26. The summed E-state index contributed by atoms with van der Waals surface area (Å²) < 4.78 is 5.97. The van der Waals surface area contributed by atoms with E-state index < -0.39 is 11.7 Å². The van der Waals surface area contributed by atoms with E-state index in [1.54, 1.807) is 13.2 Å². The number of rotatable bonds is 3. The van der Waals surface area contributed by atoms with Crippen LogP contribution in [-0.4, -0.2) is 38.4 Å². The minimum atomic E-state index is -0.523. The lowest BCUT2D eigenvalue weighted by molar-refractivity contribution is 0.0524. The Hall–Kier alpha value is -1.83. The fourth-order valence-corrected chi connectivity index (χ4v) is 1.93. The van der Waals surface area contributed by atoms with Crippen molar-refractivity contribution in [3.8, 4) is 0 Å². The number of carbonyl (C=O) groups is 1. The van der Waals surface area contributed by atoms with Gasteiger partial charge in [-0.05, 0) is 13.2 Å². The smallest absolute Gasteiger partial charge is 0.349 e. The number of hydrogen-bond acceptors (Lipinski definition) is 6. The van der Waals surface area contributed by atoms with Gasteiger partial charge < -0.3 is 4.74 Å². The Morgan fingerprint density at radius 1 is 1.65 bits per heavy atom. The second kappa shape index (κ2) is 4.58. The molecule has 1 N–H and O–H groups in total. The SMILES string of the molecule is CCOC(=O)c1c(SC)nn2c(=O)[nH]cnc12. The van der Waals surface area contributed by atoms with Gasteiger partial charge in [0.1, 0.15) is 10.6 Å². The van der Waals surface area contributed by atoms with Crippen LogP contribution in [0.4, 0.5) is 0 Å². The zero-order valence-corrected chi connectivity index (χ0v) is 10.1. The normalized spacial score (nSPS) is 10.7. The van der Waals surface area contributed by atoms with Crippen LogP contribution in [0.25, 0.3) is 5.65 Å². The average molecular weight is 254 g/mol. The van der Waals surface area contributed by atoms with Crippen LogP contribution in [0.2, 0.25) is 0 Å². The van der Waals surface area contributed by atoms with Crippen molar-refractivity contribution in [2.24, 2.45) is 0 Å². The van der Waals surface area contributed by atoms with Gasteiger partial charge in [0.2, 0.25) is 0 Å². The third kappa shape index (κ3) is 1.91. The molecular formula is C9H10N4O3S. The van der Waals surface area contributed by atoms with Gasteiger partial charge in [0, 0.05) is 0 Å². The first-order valence-corrected chi connectivity index (χ1v) is 6.09. The van der Waals surface area contributed by atoms with Crippen molar-refractivity contribution in [3.05, 3.63) is 22.4 Å². The Balaban J connectivity index is 2.71. The van der Waals surface area contributed by atoms with Crippen molar-refractivity contribution < 1.29 is 9.53 Å². The van der Waals surface area contributed by atoms with E-state index in [1.165, 1.54) is 18.1 Å². The third-order valence-electron chi connectivity index (χ3n) is 2.07. The maximum absolute atomic E-state index is 11.8. The number of hydrogen-bond donors (Lipinski definition) is 1. The maximum Gasteiger partial charge on any atom is 0.349 e. The minimum absolute atomic E-state index is 0.205. The molecule has 2 aromatic heterocycles. The van der Waals surface area contributed by atoms with E-state index in [1.807, 2.05) is 0 Å². The number of esters is 1. The zero-order chi connectivity index (χ0) is 12.4. The first-order chi connectivity index (χ1) is 8.19. The van der Waals surface area contributed by atoms with Crippen molar-refractivity contribution in [2.75, 3.05) is 12.9 Å². The number of thioether (sulfide) groups is 1. The zero-order valence-electron chi connectivity index (χ0n) is 9.26. The monoisotopic (exact) mass is 254 g/mol. The van der Waals surface area contributed by atoms with Gasteiger partial charge in [0.05, 0.1) is 12.9 Å². The maximum atomic E-state index is 11.8. The van der Waals surface area contributed by atoms with Crippen molar-refractivity contribution >= 4 is 23.4 Å². The molecule has 0 aromatic carbocycles. The number of nitrogens with one attached hydrogen (secondary N) is 1. The minimum Gasteiger partial charge on any atom is -0.462 e. The summed E-state index contributed by atoms with van der Waals surface area (Å²) in [6.07, 6.45) is 2.99. The highest BCUT2D eigenvalue weighted by Crippen LogP contribution is 2.21. The van der Waals surface area contributed by atoms with E-state index in [2.05, 4.69) is 15.1 Å². The molecule has 2 aromatic rings. The molecule has 90 valence electrons. The molecule has 0 fully saturated rings. The van der Waals surface area contributed by atoms with Crippen LogP contribution < -0.4 is 5.69 Å². The Kier molecular flexibility index (Phi) is 3.14. The van der Waals surface area contributed by atoms with Crippen molar-refractivity contribution in [3.63, 3.8) is 0 Å². The second-order valence-electron chi connectivity index (χ2n) is 3.05. The molecule has 0 saturated heterocycles. The lowest BCUT2D eigenvalue weighted by Gasteiger charge is -2.00. The third-order valence-corrected chi connectivity index (χ3v) is 2.74. The summed E-state index contributed by atoms with van der Waals surface area (Å²) in [5.41, 5.74) is -0.0113. The van der Waals surface area contributed by atoms with Crippen molar-refractivity contribution in [1.29, 1.82) is 0 Å². The predicted molar refractivity (Wildman–Crippen MR) is 61.3 cm³/mol. The molecule has 0 saturated carbocycles. The summed E-state index contributed by atoms with van der Waals surface area (Å²) in [4.78, 5) is 29.6. The molecular weight excluding hydrogens is 244 g/mol. The van der Waals surface area contributed by atoms with E-state index >= 15 is 0 Å². The van der Waals surface area contributed by atoms with Crippen LogP contribution in [0.3, 0.4) is 0 Å². The number of nitrogens with zero attached hydrogens (tertiary/aromatic N) is 3. The number of aromatic amines is 1. The molecule has 0 aliphatic heterocycles. The highest BCUT2D eigenvalue weighted by molar-refractivity contribution is 7.98. The lowest BCUT2D eigenvalue weighted by Crippen LogP contribution is -2.18. The van der Waals surface area contributed by atoms with E-state index in [4.69, 9.17) is 4.74 Å². The quantitative estimate of drug-likeness (QED) is 0.626. The molecule has 0 unspecified atom stereocenters. The lowest BCUT2D eigenvalue weighted by atomic mass is 10.3. The number of H-pyrrole nitrogens is 1. The van der Waals surface area contributed by atoms with Crippen LogP contribution >= 0.6 is 11.8 Å². The van der Waals surface area contributed by atoms with Crippen molar-refractivity contribution in [2.45, 2.75) is 11.9 Å². The number of aromatic nitrogens is 4. The van der Waals surface area contributed by atoms with Gasteiger partial charge in [-0.2, -0.15) is 9.61 Å². The summed E-state index contributed by atoms with van der Waals surface area (Å²) in [5, 5.41) is 4.43. The first kappa shape index (κ1) is 11.6. The molecule has 2 rings (SSSR count). The average Bonchev–Trinajstić information content (AvgIpc) is 2.69. The van der Waals surface area contributed by atoms with Crippen LogP contribution in [0, 0.1) is 0 Å². The number of carbonyl (C=O) groups excluding carboxylic acids is 1. The molecule has 0 aliphatic rings. The standard InChI is InChI=1S/C9H10N4O3S/c1-3-16-8(14)5-6-10-4-11-9(15)13(6)12-7(5)17-2/h4H,3H2,1-2H3,(H,10,11,15). The molecule has 0 aliphatic carbocycles.